The Morgan fingerprint density at radius 3 is 2.68 bits per heavy atom. The first-order valence-electron chi connectivity index (χ1n) is 8.36. The highest BCUT2D eigenvalue weighted by atomic mass is 35.5. The molecule has 0 aliphatic heterocycles. The number of nitriles is 2. The fraction of sp³-hybridized carbons (Fsp3) is 0.0952. The molecule has 0 saturated carbocycles. The van der Waals surface area contributed by atoms with Crippen LogP contribution in [0.15, 0.2) is 54.2 Å². The number of rotatable bonds is 5. The van der Waals surface area contributed by atoms with Crippen LogP contribution < -0.4 is 5.32 Å². The second kappa shape index (κ2) is 8.63. The van der Waals surface area contributed by atoms with Crippen LogP contribution in [-0.4, -0.2) is 10.5 Å². The number of para-hydroxylation sites is 1. The van der Waals surface area contributed by atoms with Gasteiger partial charge in [0.05, 0.1) is 23.2 Å². The fourth-order valence-corrected chi connectivity index (χ4v) is 3.29. The van der Waals surface area contributed by atoms with E-state index in [-0.39, 0.29) is 10.6 Å². The normalized spacial score (nSPS) is 11.1. The number of nitrogens with zero attached hydrogens (tertiary/aromatic N) is 3. The fourth-order valence-electron chi connectivity index (χ4n) is 2.83. The molecule has 3 rings (SSSR count). The Morgan fingerprint density at radius 2 is 1.96 bits per heavy atom. The molecule has 0 unspecified atom stereocenters. The van der Waals surface area contributed by atoms with Gasteiger partial charge in [-0.15, -0.1) is 0 Å². The minimum atomic E-state index is -0.569. The highest BCUT2D eigenvalue weighted by Gasteiger charge is 2.14. The van der Waals surface area contributed by atoms with Gasteiger partial charge in [-0.3, -0.25) is 4.79 Å². The highest BCUT2D eigenvalue weighted by molar-refractivity contribution is 6.37. The zero-order valence-corrected chi connectivity index (χ0v) is 16.1. The van der Waals surface area contributed by atoms with Gasteiger partial charge in [-0.2, -0.15) is 10.5 Å². The molecule has 28 heavy (non-hydrogen) atoms. The van der Waals surface area contributed by atoms with Crippen LogP contribution in [0.4, 0.5) is 5.69 Å². The highest BCUT2D eigenvalue weighted by Crippen LogP contribution is 2.27. The second-order valence-electron chi connectivity index (χ2n) is 5.95. The molecule has 7 heteroatoms. The number of halogens is 2. The summed E-state index contributed by atoms with van der Waals surface area (Å²) in [5.41, 5.74) is 1.97. The topological polar surface area (TPSA) is 81.6 Å². The van der Waals surface area contributed by atoms with Gasteiger partial charge in [-0.25, -0.2) is 0 Å². The number of aryl methyl sites for hydroxylation is 1. The van der Waals surface area contributed by atoms with E-state index < -0.39 is 5.91 Å². The molecular formula is C21H14Cl2N4O. The van der Waals surface area contributed by atoms with Crippen LogP contribution in [0.3, 0.4) is 0 Å². The summed E-state index contributed by atoms with van der Waals surface area (Å²) in [5, 5.41) is 22.6. The number of amides is 1. The van der Waals surface area contributed by atoms with E-state index in [2.05, 4.69) is 11.4 Å². The van der Waals surface area contributed by atoms with Crippen molar-refractivity contribution in [1.29, 1.82) is 10.5 Å². The monoisotopic (exact) mass is 408 g/mol. The molecular weight excluding hydrogens is 395 g/mol. The molecule has 0 saturated heterocycles. The quantitative estimate of drug-likeness (QED) is 0.452. The van der Waals surface area contributed by atoms with E-state index in [0.29, 0.717) is 23.7 Å². The minimum Gasteiger partial charge on any atom is -0.346 e. The lowest BCUT2D eigenvalue weighted by Gasteiger charge is -2.06. The van der Waals surface area contributed by atoms with Gasteiger partial charge in [-0.05, 0) is 30.3 Å². The van der Waals surface area contributed by atoms with Crippen LogP contribution in [-0.2, 0) is 11.3 Å². The third kappa shape index (κ3) is 4.18. The summed E-state index contributed by atoms with van der Waals surface area (Å²) in [5.74, 6) is -0.569. The lowest BCUT2D eigenvalue weighted by Crippen LogP contribution is -2.13. The van der Waals surface area contributed by atoms with Gasteiger partial charge >= 0.3 is 0 Å². The van der Waals surface area contributed by atoms with Gasteiger partial charge in [0.1, 0.15) is 11.6 Å². The Kier molecular flexibility index (Phi) is 6.01. The number of benzene rings is 2. The number of anilines is 1. The number of aromatic nitrogens is 1. The van der Waals surface area contributed by atoms with Crippen LogP contribution >= 0.6 is 23.2 Å². The van der Waals surface area contributed by atoms with Crippen molar-refractivity contribution in [2.45, 2.75) is 13.0 Å². The summed E-state index contributed by atoms with van der Waals surface area (Å²) in [6, 6.07) is 16.4. The van der Waals surface area contributed by atoms with Gasteiger partial charge in [0, 0.05) is 34.2 Å². The van der Waals surface area contributed by atoms with Crippen molar-refractivity contribution in [1.82, 2.24) is 4.57 Å². The molecule has 1 aromatic heterocycles. The summed E-state index contributed by atoms with van der Waals surface area (Å²) in [4.78, 5) is 12.6. The minimum absolute atomic E-state index is 0.0609. The van der Waals surface area contributed by atoms with Gasteiger partial charge in [0.2, 0.25) is 0 Å². The van der Waals surface area contributed by atoms with Crippen LogP contribution in [0, 0.1) is 22.7 Å². The third-order valence-corrected chi connectivity index (χ3v) is 4.68. The Bertz CT molecular complexity index is 1170. The third-order valence-electron chi connectivity index (χ3n) is 4.13. The maximum Gasteiger partial charge on any atom is 0.266 e. The standard InChI is InChI=1S/C21H14Cl2N4O/c22-16-6-7-19(18(23)11-16)26-21(28)14(12-25)10-15-13-27(9-3-8-24)20-5-2-1-4-17(15)20/h1-2,4-7,10-11,13H,3,9H2,(H,26,28). The predicted octanol–water partition coefficient (Wildman–Crippen LogP) is 5.41. The van der Waals surface area contributed by atoms with E-state index in [0.717, 1.165) is 16.5 Å². The van der Waals surface area contributed by atoms with E-state index in [1.165, 1.54) is 12.1 Å². The summed E-state index contributed by atoms with van der Waals surface area (Å²) < 4.78 is 1.94. The van der Waals surface area contributed by atoms with Crippen LogP contribution in [0.2, 0.25) is 10.0 Å². The van der Waals surface area contributed by atoms with Crippen molar-refractivity contribution in [3.63, 3.8) is 0 Å². The van der Waals surface area contributed by atoms with Gasteiger partial charge in [-0.1, -0.05) is 41.4 Å². The van der Waals surface area contributed by atoms with Crippen LogP contribution in [0.25, 0.3) is 17.0 Å². The Labute approximate surface area is 172 Å². The average Bonchev–Trinajstić information content (AvgIpc) is 3.04. The first-order chi connectivity index (χ1) is 13.5. The van der Waals surface area contributed by atoms with Crippen molar-refractivity contribution in [3.8, 4) is 12.1 Å². The molecule has 0 aliphatic rings. The van der Waals surface area contributed by atoms with E-state index in [4.69, 9.17) is 28.5 Å². The summed E-state index contributed by atoms with van der Waals surface area (Å²) in [6.45, 7) is 0.527. The van der Waals surface area contributed by atoms with E-state index in [1.54, 1.807) is 12.1 Å². The molecule has 0 fully saturated rings. The average molecular weight is 409 g/mol. The van der Waals surface area contributed by atoms with Crippen molar-refractivity contribution in [2.75, 3.05) is 5.32 Å². The first kappa shape index (κ1) is 19.5. The summed E-state index contributed by atoms with van der Waals surface area (Å²) in [6.07, 6.45) is 3.73. The van der Waals surface area contributed by atoms with E-state index >= 15 is 0 Å². The molecule has 1 N–H and O–H groups in total. The molecule has 138 valence electrons. The van der Waals surface area contributed by atoms with Gasteiger partial charge in [0.25, 0.3) is 5.91 Å². The number of hydrogen-bond donors (Lipinski definition) is 1. The number of nitrogens with one attached hydrogen (secondary N) is 1. The summed E-state index contributed by atoms with van der Waals surface area (Å²) >= 11 is 11.9. The number of carbonyl (C=O) groups excluding carboxylic acids is 1. The molecule has 1 heterocycles. The number of carbonyl (C=O) groups is 1. The molecule has 2 aromatic carbocycles. The van der Waals surface area contributed by atoms with E-state index in [9.17, 15) is 10.1 Å². The van der Waals surface area contributed by atoms with Crippen molar-refractivity contribution in [2.24, 2.45) is 0 Å². The number of hydrogen-bond acceptors (Lipinski definition) is 3. The molecule has 0 spiro atoms. The van der Waals surface area contributed by atoms with Gasteiger partial charge in [0.15, 0.2) is 0 Å². The van der Waals surface area contributed by atoms with Crippen LogP contribution in [0.1, 0.15) is 12.0 Å². The zero-order valence-electron chi connectivity index (χ0n) is 14.6. The molecule has 3 aromatic rings. The Balaban J connectivity index is 1.95. The molecule has 0 bridgehead atoms. The molecule has 0 radical (unpaired) electrons. The largest absolute Gasteiger partial charge is 0.346 e. The van der Waals surface area contributed by atoms with Gasteiger partial charge < -0.3 is 9.88 Å². The van der Waals surface area contributed by atoms with Crippen molar-refractivity contribution >= 4 is 51.8 Å². The van der Waals surface area contributed by atoms with E-state index in [1.807, 2.05) is 41.1 Å². The molecule has 0 aliphatic carbocycles. The second-order valence-corrected chi connectivity index (χ2v) is 6.79. The Hall–Kier alpha value is -3.25. The SMILES string of the molecule is N#CCCn1cc(C=C(C#N)C(=O)Nc2ccc(Cl)cc2Cl)c2ccccc21. The molecule has 5 nitrogen and oxygen atoms in total. The Morgan fingerprint density at radius 1 is 1.18 bits per heavy atom. The summed E-state index contributed by atoms with van der Waals surface area (Å²) in [7, 11) is 0. The molecule has 0 atom stereocenters. The van der Waals surface area contributed by atoms with Crippen LogP contribution in [0.5, 0.6) is 0 Å². The maximum absolute atomic E-state index is 12.6. The van der Waals surface area contributed by atoms with Crippen molar-refractivity contribution < 1.29 is 4.79 Å². The first-order valence-corrected chi connectivity index (χ1v) is 9.12. The molecule has 1 amide bonds. The maximum atomic E-state index is 12.6. The lowest BCUT2D eigenvalue weighted by molar-refractivity contribution is -0.112. The number of fused-ring (bicyclic) bond motifs is 1. The zero-order chi connectivity index (χ0) is 20.1. The predicted molar refractivity (Wildman–Crippen MR) is 111 cm³/mol. The lowest BCUT2D eigenvalue weighted by atomic mass is 10.1. The van der Waals surface area contributed by atoms with Crippen molar-refractivity contribution in [3.05, 3.63) is 69.8 Å². The smallest absolute Gasteiger partial charge is 0.266 e.